The lowest BCUT2D eigenvalue weighted by Gasteiger charge is -2.14. The van der Waals surface area contributed by atoms with Crippen LogP contribution >= 0.6 is 0 Å². The maximum atomic E-state index is 4.62. The quantitative estimate of drug-likeness (QED) is 0.761. The van der Waals surface area contributed by atoms with Gasteiger partial charge in [0.25, 0.3) is 0 Å². The largest absolute Gasteiger partial charge is 0.302 e. The Kier molecular flexibility index (Phi) is 3.80. The van der Waals surface area contributed by atoms with Crippen molar-refractivity contribution in [3.8, 4) is 0 Å². The second-order valence-corrected chi connectivity index (χ2v) is 4.63. The maximum absolute atomic E-state index is 4.62. The van der Waals surface area contributed by atoms with Crippen LogP contribution in [0.15, 0.2) is 0 Å². The zero-order valence-corrected chi connectivity index (χ0v) is 10.6. The Morgan fingerprint density at radius 1 is 1.13 bits per heavy atom. The molecule has 1 rings (SSSR count). The van der Waals surface area contributed by atoms with E-state index in [9.17, 15) is 0 Å². The lowest BCUT2D eigenvalue weighted by atomic mass is 10.0. The highest BCUT2D eigenvalue weighted by Gasteiger charge is 2.11. The van der Waals surface area contributed by atoms with E-state index in [2.05, 4.69) is 42.6 Å². The Labute approximate surface area is 92.6 Å². The van der Waals surface area contributed by atoms with Gasteiger partial charge in [0, 0.05) is 11.4 Å². The van der Waals surface area contributed by atoms with Gasteiger partial charge in [0.2, 0.25) is 0 Å². The van der Waals surface area contributed by atoms with Crippen LogP contribution < -0.4 is 0 Å². The summed E-state index contributed by atoms with van der Waals surface area (Å²) in [6.07, 6.45) is 0. The summed E-state index contributed by atoms with van der Waals surface area (Å²) >= 11 is 0. The van der Waals surface area contributed by atoms with Crippen molar-refractivity contribution < 1.29 is 0 Å². The normalized spacial score (nSPS) is 11.5. The van der Waals surface area contributed by atoms with Gasteiger partial charge in [0.15, 0.2) is 0 Å². The number of aromatic nitrogens is 2. The number of rotatable bonds is 3. The second kappa shape index (κ2) is 4.71. The van der Waals surface area contributed by atoms with Gasteiger partial charge in [-0.25, -0.2) is 9.97 Å². The molecular formula is C12H21N3. The van der Waals surface area contributed by atoms with E-state index in [0.717, 1.165) is 18.1 Å². The second-order valence-electron chi connectivity index (χ2n) is 4.63. The highest BCUT2D eigenvalue weighted by Crippen LogP contribution is 2.18. The van der Waals surface area contributed by atoms with Crippen molar-refractivity contribution in [1.29, 1.82) is 0 Å². The van der Waals surface area contributed by atoms with Crippen LogP contribution in [0.4, 0.5) is 0 Å². The van der Waals surface area contributed by atoms with E-state index in [0.29, 0.717) is 5.92 Å². The van der Waals surface area contributed by atoms with Crippen molar-refractivity contribution in [3.05, 3.63) is 22.8 Å². The van der Waals surface area contributed by atoms with Gasteiger partial charge in [-0.15, -0.1) is 0 Å². The van der Waals surface area contributed by atoms with Gasteiger partial charge < -0.3 is 4.90 Å². The third kappa shape index (κ3) is 2.99. The van der Waals surface area contributed by atoms with Crippen molar-refractivity contribution >= 4 is 0 Å². The molecule has 0 bridgehead atoms. The van der Waals surface area contributed by atoms with Gasteiger partial charge >= 0.3 is 0 Å². The molecule has 1 aromatic heterocycles. The number of hydrogen-bond donors (Lipinski definition) is 0. The summed E-state index contributed by atoms with van der Waals surface area (Å²) in [5.74, 6) is 1.39. The Morgan fingerprint density at radius 3 is 2.20 bits per heavy atom. The van der Waals surface area contributed by atoms with E-state index in [1.54, 1.807) is 0 Å². The van der Waals surface area contributed by atoms with Crippen molar-refractivity contribution in [1.82, 2.24) is 14.9 Å². The lowest BCUT2D eigenvalue weighted by Crippen LogP contribution is -2.16. The third-order valence-electron chi connectivity index (χ3n) is 2.48. The first-order chi connectivity index (χ1) is 6.91. The van der Waals surface area contributed by atoms with Gasteiger partial charge in [-0.3, -0.25) is 0 Å². The first-order valence-corrected chi connectivity index (χ1v) is 5.40. The molecule has 1 heterocycles. The van der Waals surface area contributed by atoms with E-state index in [1.807, 2.05) is 14.1 Å². The SMILES string of the molecule is Cc1nc(CN(C)C)nc(C(C)C)c1C. The Morgan fingerprint density at radius 2 is 1.73 bits per heavy atom. The molecule has 0 saturated carbocycles. The average Bonchev–Trinajstić information content (AvgIpc) is 2.09. The predicted molar refractivity (Wildman–Crippen MR) is 63.0 cm³/mol. The van der Waals surface area contributed by atoms with Gasteiger partial charge in [-0.05, 0) is 39.4 Å². The highest BCUT2D eigenvalue weighted by molar-refractivity contribution is 5.25. The fourth-order valence-corrected chi connectivity index (χ4v) is 1.63. The Bertz CT molecular complexity index is 343. The van der Waals surface area contributed by atoms with Crippen molar-refractivity contribution in [3.63, 3.8) is 0 Å². The van der Waals surface area contributed by atoms with Gasteiger partial charge in [0.05, 0.1) is 6.54 Å². The van der Waals surface area contributed by atoms with Crippen molar-refractivity contribution in [2.45, 2.75) is 40.2 Å². The third-order valence-corrected chi connectivity index (χ3v) is 2.48. The molecule has 0 aliphatic heterocycles. The lowest BCUT2D eigenvalue weighted by molar-refractivity contribution is 0.388. The van der Waals surface area contributed by atoms with Crippen LogP contribution in [0.5, 0.6) is 0 Å². The minimum absolute atomic E-state index is 0.465. The molecule has 0 saturated heterocycles. The molecule has 84 valence electrons. The molecule has 0 spiro atoms. The van der Waals surface area contributed by atoms with Crippen molar-refractivity contribution in [2.24, 2.45) is 0 Å². The smallest absolute Gasteiger partial charge is 0.142 e. The van der Waals surface area contributed by atoms with Crippen LogP contribution in [0.25, 0.3) is 0 Å². The molecule has 3 nitrogen and oxygen atoms in total. The molecular weight excluding hydrogens is 186 g/mol. The molecule has 15 heavy (non-hydrogen) atoms. The van der Waals surface area contributed by atoms with Crippen LogP contribution in [0.2, 0.25) is 0 Å². The summed E-state index contributed by atoms with van der Waals surface area (Å²) in [5.41, 5.74) is 3.51. The topological polar surface area (TPSA) is 29.0 Å². The fourth-order valence-electron chi connectivity index (χ4n) is 1.63. The zero-order chi connectivity index (χ0) is 11.6. The minimum Gasteiger partial charge on any atom is -0.302 e. The first kappa shape index (κ1) is 12.1. The summed E-state index contributed by atoms with van der Waals surface area (Å²) in [6, 6.07) is 0. The number of nitrogens with zero attached hydrogens (tertiary/aromatic N) is 3. The molecule has 0 atom stereocenters. The molecule has 3 heteroatoms. The van der Waals surface area contributed by atoms with E-state index < -0.39 is 0 Å². The van der Waals surface area contributed by atoms with Crippen LogP contribution in [0.3, 0.4) is 0 Å². The number of hydrogen-bond acceptors (Lipinski definition) is 3. The summed E-state index contributed by atoms with van der Waals surface area (Å²) in [7, 11) is 4.07. The predicted octanol–water partition coefficient (Wildman–Crippen LogP) is 2.28. The highest BCUT2D eigenvalue weighted by atomic mass is 15.1. The molecule has 0 aromatic carbocycles. The molecule has 1 aromatic rings. The first-order valence-electron chi connectivity index (χ1n) is 5.40. The zero-order valence-electron chi connectivity index (χ0n) is 10.6. The van der Waals surface area contributed by atoms with Gasteiger partial charge in [0.1, 0.15) is 5.82 Å². The molecule has 0 amide bonds. The molecule has 0 aliphatic carbocycles. The summed E-state index contributed by atoms with van der Waals surface area (Å²) in [6.45, 7) is 9.31. The summed E-state index contributed by atoms with van der Waals surface area (Å²) in [5, 5.41) is 0. The van der Waals surface area contributed by atoms with Crippen LogP contribution in [0.1, 0.15) is 42.5 Å². The average molecular weight is 207 g/mol. The van der Waals surface area contributed by atoms with Gasteiger partial charge in [-0.1, -0.05) is 13.8 Å². The van der Waals surface area contributed by atoms with Crippen molar-refractivity contribution in [2.75, 3.05) is 14.1 Å². The van der Waals surface area contributed by atoms with Crippen LogP contribution in [0, 0.1) is 13.8 Å². The Balaban J connectivity index is 3.11. The maximum Gasteiger partial charge on any atom is 0.142 e. The molecule has 0 aliphatic rings. The minimum atomic E-state index is 0.465. The standard InChI is InChI=1S/C12H21N3/c1-8(2)12-9(3)10(4)13-11(14-12)7-15(5)6/h8H,7H2,1-6H3. The monoisotopic (exact) mass is 207 g/mol. The molecule has 0 fully saturated rings. The summed E-state index contributed by atoms with van der Waals surface area (Å²) in [4.78, 5) is 11.2. The molecule has 0 radical (unpaired) electrons. The fraction of sp³-hybridized carbons (Fsp3) is 0.667. The van der Waals surface area contributed by atoms with E-state index in [4.69, 9.17) is 0 Å². The number of aryl methyl sites for hydroxylation is 1. The van der Waals surface area contributed by atoms with Gasteiger partial charge in [-0.2, -0.15) is 0 Å². The molecule has 0 N–H and O–H groups in total. The van der Waals surface area contributed by atoms with E-state index in [-0.39, 0.29) is 0 Å². The Hall–Kier alpha value is -0.960. The van der Waals surface area contributed by atoms with E-state index >= 15 is 0 Å². The van der Waals surface area contributed by atoms with E-state index in [1.165, 1.54) is 11.3 Å². The summed E-state index contributed by atoms with van der Waals surface area (Å²) < 4.78 is 0. The van der Waals surface area contributed by atoms with Crippen LogP contribution in [-0.4, -0.2) is 29.0 Å². The van der Waals surface area contributed by atoms with Crippen LogP contribution in [-0.2, 0) is 6.54 Å². The molecule has 0 unspecified atom stereocenters.